The van der Waals surface area contributed by atoms with Crippen molar-refractivity contribution in [2.45, 2.75) is 44.6 Å². The first kappa shape index (κ1) is 14.1. The highest BCUT2D eigenvalue weighted by Crippen LogP contribution is 2.24. The number of carbonyl (C=O) groups excluding carboxylic acids is 1. The highest BCUT2D eigenvalue weighted by molar-refractivity contribution is 5.70. The van der Waals surface area contributed by atoms with Gasteiger partial charge in [0.2, 0.25) is 0 Å². The van der Waals surface area contributed by atoms with Crippen molar-refractivity contribution >= 4 is 5.97 Å². The van der Waals surface area contributed by atoms with Gasteiger partial charge in [0, 0.05) is 6.04 Å². The van der Waals surface area contributed by atoms with Gasteiger partial charge in [0.15, 0.2) is 0 Å². The summed E-state index contributed by atoms with van der Waals surface area (Å²) in [6.45, 7) is 0.570. The number of benzene rings is 1. The van der Waals surface area contributed by atoms with E-state index >= 15 is 0 Å². The Morgan fingerprint density at radius 2 is 1.89 bits per heavy atom. The van der Waals surface area contributed by atoms with Crippen LogP contribution in [-0.4, -0.2) is 12.6 Å². The minimum Gasteiger partial charge on any atom is -0.465 e. The van der Waals surface area contributed by atoms with Gasteiger partial charge in [-0.3, -0.25) is 4.79 Å². The number of hydrogen-bond donors (Lipinski definition) is 1. The molecule has 1 fully saturated rings. The van der Waals surface area contributed by atoms with Gasteiger partial charge in [0.1, 0.15) is 0 Å². The second kappa shape index (κ2) is 7.29. The van der Waals surface area contributed by atoms with Crippen LogP contribution in [-0.2, 0) is 9.53 Å². The molecule has 0 aliphatic heterocycles. The summed E-state index contributed by atoms with van der Waals surface area (Å²) in [6.07, 6.45) is 6.51. The van der Waals surface area contributed by atoms with Gasteiger partial charge >= 0.3 is 5.97 Å². The molecule has 0 amide bonds. The molecule has 1 aromatic rings. The minimum atomic E-state index is -0.264. The number of carbonyl (C=O) groups is 1. The normalized spacial score (nSPS) is 17.9. The number of rotatable bonds is 5. The molecular weight excluding hydrogens is 238 g/mol. The summed E-state index contributed by atoms with van der Waals surface area (Å²) >= 11 is 0. The molecule has 0 saturated heterocycles. The number of ether oxygens (including phenoxy) is 1. The van der Waals surface area contributed by atoms with Crippen LogP contribution in [0.1, 0.15) is 50.1 Å². The molecule has 1 aliphatic carbocycles. The SMILES string of the molecule is NC(CC(=O)OCC1CCCCC1)c1ccccc1. The Bertz CT molecular complexity index is 385. The van der Waals surface area contributed by atoms with E-state index in [1.165, 1.54) is 32.1 Å². The van der Waals surface area contributed by atoms with Crippen molar-refractivity contribution in [1.29, 1.82) is 0 Å². The lowest BCUT2D eigenvalue weighted by atomic mass is 9.90. The Morgan fingerprint density at radius 1 is 1.21 bits per heavy atom. The molecule has 1 unspecified atom stereocenters. The van der Waals surface area contributed by atoms with E-state index in [0.717, 1.165) is 5.56 Å². The van der Waals surface area contributed by atoms with Crippen molar-refractivity contribution in [3.05, 3.63) is 35.9 Å². The maximum Gasteiger partial charge on any atom is 0.307 e. The predicted molar refractivity (Wildman–Crippen MR) is 75.5 cm³/mol. The van der Waals surface area contributed by atoms with E-state index in [1.54, 1.807) is 0 Å². The average Bonchev–Trinajstić information content (AvgIpc) is 2.47. The van der Waals surface area contributed by atoms with E-state index in [0.29, 0.717) is 12.5 Å². The van der Waals surface area contributed by atoms with E-state index in [-0.39, 0.29) is 18.4 Å². The van der Waals surface area contributed by atoms with Crippen LogP contribution in [0.5, 0.6) is 0 Å². The van der Waals surface area contributed by atoms with Gasteiger partial charge in [-0.1, -0.05) is 49.6 Å². The number of esters is 1. The fourth-order valence-corrected chi connectivity index (χ4v) is 2.62. The van der Waals surface area contributed by atoms with Crippen LogP contribution in [0.2, 0.25) is 0 Å². The topological polar surface area (TPSA) is 52.3 Å². The van der Waals surface area contributed by atoms with Crippen molar-refractivity contribution in [3.8, 4) is 0 Å². The molecule has 0 bridgehead atoms. The van der Waals surface area contributed by atoms with Crippen molar-refractivity contribution in [3.63, 3.8) is 0 Å². The van der Waals surface area contributed by atoms with E-state index in [1.807, 2.05) is 30.3 Å². The van der Waals surface area contributed by atoms with Gasteiger partial charge in [-0.25, -0.2) is 0 Å². The van der Waals surface area contributed by atoms with Crippen LogP contribution < -0.4 is 5.73 Å². The zero-order valence-corrected chi connectivity index (χ0v) is 11.4. The summed E-state index contributed by atoms with van der Waals surface area (Å²) in [6, 6.07) is 9.43. The molecule has 2 rings (SSSR count). The van der Waals surface area contributed by atoms with Gasteiger partial charge in [-0.05, 0) is 24.3 Å². The Hall–Kier alpha value is -1.35. The van der Waals surface area contributed by atoms with Crippen molar-refractivity contribution in [2.75, 3.05) is 6.61 Å². The third kappa shape index (κ3) is 4.67. The first-order valence-electron chi connectivity index (χ1n) is 7.22. The molecule has 0 heterocycles. The Kier molecular flexibility index (Phi) is 5.40. The maximum atomic E-state index is 11.8. The van der Waals surface area contributed by atoms with E-state index in [4.69, 9.17) is 10.5 Å². The molecule has 1 saturated carbocycles. The largest absolute Gasteiger partial charge is 0.465 e. The highest BCUT2D eigenvalue weighted by Gasteiger charge is 2.17. The third-order valence-electron chi connectivity index (χ3n) is 3.82. The van der Waals surface area contributed by atoms with Gasteiger partial charge in [0.25, 0.3) is 0 Å². The minimum absolute atomic E-state index is 0.179. The lowest BCUT2D eigenvalue weighted by Gasteiger charge is -2.21. The second-order valence-electron chi connectivity index (χ2n) is 5.41. The molecule has 1 aromatic carbocycles. The summed E-state index contributed by atoms with van der Waals surface area (Å²) in [5.74, 6) is 0.382. The average molecular weight is 261 g/mol. The van der Waals surface area contributed by atoms with Crippen LogP contribution in [0.15, 0.2) is 30.3 Å². The molecule has 0 spiro atoms. The first-order chi connectivity index (χ1) is 9.25. The third-order valence-corrected chi connectivity index (χ3v) is 3.82. The molecule has 19 heavy (non-hydrogen) atoms. The summed E-state index contributed by atoms with van der Waals surface area (Å²) in [5, 5.41) is 0. The smallest absolute Gasteiger partial charge is 0.307 e. The van der Waals surface area contributed by atoms with Gasteiger partial charge in [0.05, 0.1) is 13.0 Å². The summed E-state index contributed by atoms with van der Waals surface area (Å²) < 4.78 is 5.35. The molecule has 0 aromatic heterocycles. The zero-order valence-electron chi connectivity index (χ0n) is 11.4. The molecule has 1 aliphatic rings. The van der Waals surface area contributed by atoms with Gasteiger partial charge < -0.3 is 10.5 Å². The van der Waals surface area contributed by atoms with Crippen LogP contribution >= 0.6 is 0 Å². The molecule has 0 radical (unpaired) electrons. The number of nitrogens with two attached hydrogens (primary N) is 1. The maximum absolute atomic E-state index is 11.8. The van der Waals surface area contributed by atoms with Crippen molar-refractivity contribution in [1.82, 2.24) is 0 Å². The fraction of sp³-hybridized carbons (Fsp3) is 0.562. The zero-order chi connectivity index (χ0) is 13.5. The predicted octanol–water partition coefficient (Wildman–Crippen LogP) is 3.20. The van der Waals surface area contributed by atoms with Crippen LogP contribution in [0, 0.1) is 5.92 Å². The molecular formula is C16H23NO2. The Labute approximate surface area is 115 Å². The monoisotopic (exact) mass is 261 g/mol. The lowest BCUT2D eigenvalue weighted by molar-refractivity contribution is -0.145. The fourth-order valence-electron chi connectivity index (χ4n) is 2.62. The second-order valence-corrected chi connectivity index (χ2v) is 5.41. The quantitative estimate of drug-likeness (QED) is 0.828. The number of hydrogen-bond acceptors (Lipinski definition) is 3. The molecule has 1 atom stereocenters. The summed E-state index contributed by atoms with van der Waals surface area (Å²) in [5.41, 5.74) is 6.99. The van der Waals surface area contributed by atoms with Crippen molar-refractivity contribution in [2.24, 2.45) is 11.7 Å². The van der Waals surface area contributed by atoms with Gasteiger partial charge in [-0.2, -0.15) is 0 Å². The Balaban J connectivity index is 1.71. The summed E-state index contributed by atoms with van der Waals surface area (Å²) in [7, 11) is 0. The Morgan fingerprint density at radius 3 is 2.58 bits per heavy atom. The standard InChI is InChI=1S/C16H23NO2/c17-15(14-9-5-2-6-10-14)11-16(18)19-12-13-7-3-1-4-8-13/h2,5-6,9-10,13,15H,1,3-4,7-8,11-12,17H2. The first-order valence-corrected chi connectivity index (χ1v) is 7.22. The van der Waals surface area contributed by atoms with Crippen LogP contribution in [0.4, 0.5) is 0 Å². The van der Waals surface area contributed by atoms with E-state index in [9.17, 15) is 4.79 Å². The summed E-state index contributed by atoms with van der Waals surface area (Å²) in [4.78, 5) is 11.8. The van der Waals surface area contributed by atoms with Crippen molar-refractivity contribution < 1.29 is 9.53 Å². The lowest BCUT2D eigenvalue weighted by Crippen LogP contribution is -2.20. The van der Waals surface area contributed by atoms with E-state index < -0.39 is 0 Å². The van der Waals surface area contributed by atoms with Crippen LogP contribution in [0.25, 0.3) is 0 Å². The molecule has 3 heteroatoms. The molecule has 104 valence electrons. The van der Waals surface area contributed by atoms with E-state index in [2.05, 4.69) is 0 Å². The molecule has 3 nitrogen and oxygen atoms in total. The van der Waals surface area contributed by atoms with Gasteiger partial charge in [-0.15, -0.1) is 0 Å². The highest BCUT2D eigenvalue weighted by atomic mass is 16.5. The molecule has 2 N–H and O–H groups in total. The van der Waals surface area contributed by atoms with Crippen LogP contribution in [0.3, 0.4) is 0 Å².